The Bertz CT molecular complexity index is 354. The first-order valence-electron chi connectivity index (χ1n) is 3.72. The Kier molecular flexibility index (Phi) is 3.61. The summed E-state index contributed by atoms with van der Waals surface area (Å²) in [5.74, 6) is -5.53. The van der Waals surface area contributed by atoms with E-state index in [2.05, 4.69) is 15.9 Å². The molecule has 0 aliphatic heterocycles. The molecule has 0 fully saturated rings. The molecule has 0 spiro atoms. The van der Waals surface area contributed by atoms with Crippen molar-refractivity contribution in [2.75, 3.05) is 5.88 Å². The maximum atomic E-state index is 13.3. The number of hydrogen-bond donors (Lipinski definition) is 0. The van der Waals surface area contributed by atoms with Crippen LogP contribution < -0.4 is 0 Å². The van der Waals surface area contributed by atoms with Gasteiger partial charge in [0.2, 0.25) is 5.78 Å². The lowest BCUT2D eigenvalue weighted by molar-refractivity contribution is -0.141. The van der Waals surface area contributed by atoms with Crippen LogP contribution in [0.15, 0.2) is 28.7 Å². The number of rotatable bonds is 3. The highest BCUT2D eigenvalue weighted by Crippen LogP contribution is 2.34. The van der Waals surface area contributed by atoms with E-state index >= 15 is 0 Å². The summed E-state index contributed by atoms with van der Waals surface area (Å²) in [5, 5.41) is 0. The van der Waals surface area contributed by atoms with Crippen molar-refractivity contribution >= 4 is 33.3 Å². The first-order valence-corrected chi connectivity index (χ1v) is 5.05. The number of alkyl halides is 3. The average molecular weight is 283 g/mol. The number of hydrogen-bond acceptors (Lipinski definition) is 1. The summed E-state index contributed by atoms with van der Waals surface area (Å²) < 4.78 is 26.9. The van der Waals surface area contributed by atoms with Crippen LogP contribution in [0.1, 0.15) is 5.56 Å². The molecule has 0 amide bonds. The van der Waals surface area contributed by atoms with Gasteiger partial charge in [-0.05, 0) is 6.07 Å². The fourth-order valence-corrected chi connectivity index (χ4v) is 1.65. The number of ketones is 1. The zero-order valence-electron chi connectivity index (χ0n) is 6.94. The van der Waals surface area contributed by atoms with Crippen LogP contribution in [0.4, 0.5) is 8.78 Å². The molecule has 1 aromatic carbocycles. The molecule has 5 heteroatoms. The minimum atomic E-state index is -3.53. The predicted octanol–water partition coefficient (Wildman–Crippen LogP) is 3.35. The van der Waals surface area contributed by atoms with Crippen LogP contribution in [0.3, 0.4) is 0 Å². The smallest absolute Gasteiger partial charge is 0.291 e. The van der Waals surface area contributed by atoms with Gasteiger partial charge in [0.05, 0.1) is 5.88 Å². The second-order valence-electron chi connectivity index (χ2n) is 2.61. The third-order valence-corrected chi connectivity index (χ3v) is 2.62. The third-order valence-electron chi connectivity index (χ3n) is 1.68. The van der Waals surface area contributed by atoms with E-state index < -0.39 is 17.6 Å². The summed E-state index contributed by atoms with van der Waals surface area (Å²) in [7, 11) is 0. The molecule has 1 rings (SSSR count). The molecule has 0 radical (unpaired) electrons. The van der Waals surface area contributed by atoms with Gasteiger partial charge in [0.25, 0.3) is 0 Å². The van der Waals surface area contributed by atoms with Crippen LogP contribution in [0, 0.1) is 0 Å². The second kappa shape index (κ2) is 4.36. The van der Waals surface area contributed by atoms with Gasteiger partial charge in [0.1, 0.15) is 0 Å². The Balaban J connectivity index is 3.16. The lowest BCUT2D eigenvalue weighted by atomic mass is 10.1. The first kappa shape index (κ1) is 11.6. The molecule has 0 saturated carbocycles. The summed E-state index contributed by atoms with van der Waals surface area (Å²) in [4.78, 5) is 10.9. The highest BCUT2D eigenvalue weighted by Gasteiger charge is 2.40. The molecule has 0 atom stereocenters. The molecule has 0 bridgehead atoms. The van der Waals surface area contributed by atoms with Crippen LogP contribution in [0.5, 0.6) is 0 Å². The molecule has 0 unspecified atom stereocenters. The third kappa shape index (κ3) is 2.12. The van der Waals surface area contributed by atoms with Crippen molar-refractivity contribution in [3.8, 4) is 0 Å². The van der Waals surface area contributed by atoms with E-state index in [1.54, 1.807) is 6.07 Å². The van der Waals surface area contributed by atoms with Crippen LogP contribution in [-0.2, 0) is 10.7 Å². The highest BCUT2D eigenvalue weighted by molar-refractivity contribution is 9.10. The van der Waals surface area contributed by atoms with E-state index in [-0.39, 0.29) is 10.0 Å². The highest BCUT2D eigenvalue weighted by atomic mass is 79.9. The Morgan fingerprint density at radius 1 is 1.43 bits per heavy atom. The van der Waals surface area contributed by atoms with E-state index in [9.17, 15) is 13.6 Å². The molecule has 0 N–H and O–H groups in total. The van der Waals surface area contributed by atoms with Gasteiger partial charge in [-0.2, -0.15) is 8.78 Å². The molecule has 76 valence electrons. The van der Waals surface area contributed by atoms with Crippen LogP contribution in [0.2, 0.25) is 0 Å². The lowest BCUT2D eigenvalue weighted by Gasteiger charge is -2.15. The summed E-state index contributed by atoms with van der Waals surface area (Å²) >= 11 is 8.05. The Hall–Kier alpha value is -0.480. The van der Waals surface area contributed by atoms with Gasteiger partial charge in [-0.1, -0.05) is 34.1 Å². The number of carbonyl (C=O) groups excluding carboxylic acids is 1. The Morgan fingerprint density at radius 2 is 2.00 bits per heavy atom. The van der Waals surface area contributed by atoms with E-state index in [0.29, 0.717) is 0 Å². The summed E-state index contributed by atoms with van der Waals surface area (Å²) in [6.07, 6.45) is 0. The molecule has 0 aliphatic carbocycles. The molecule has 14 heavy (non-hydrogen) atoms. The molecule has 0 saturated heterocycles. The van der Waals surface area contributed by atoms with E-state index in [0.717, 1.165) is 0 Å². The van der Waals surface area contributed by atoms with Crippen molar-refractivity contribution < 1.29 is 13.6 Å². The van der Waals surface area contributed by atoms with Gasteiger partial charge in [0.15, 0.2) is 0 Å². The van der Waals surface area contributed by atoms with Crippen molar-refractivity contribution in [2.45, 2.75) is 5.92 Å². The fourth-order valence-electron chi connectivity index (χ4n) is 0.950. The summed E-state index contributed by atoms with van der Waals surface area (Å²) in [6.45, 7) is 0. The van der Waals surface area contributed by atoms with Crippen LogP contribution in [0.25, 0.3) is 0 Å². The summed E-state index contributed by atoms with van der Waals surface area (Å²) in [5.41, 5.74) is -0.356. The number of benzene rings is 1. The SMILES string of the molecule is O=C(CCl)C(F)(F)c1ccccc1Br. The minimum absolute atomic E-state index is 0.198. The summed E-state index contributed by atoms with van der Waals surface area (Å²) in [6, 6.07) is 5.67. The van der Waals surface area contributed by atoms with E-state index in [1.165, 1.54) is 18.2 Å². The number of Topliss-reactive ketones (excluding diaryl/α,β-unsaturated/α-hetero) is 1. The molecular formula is C9H6BrClF2O. The quantitative estimate of drug-likeness (QED) is 0.778. The van der Waals surface area contributed by atoms with E-state index in [4.69, 9.17) is 11.6 Å². The second-order valence-corrected chi connectivity index (χ2v) is 3.73. The van der Waals surface area contributed by atoms with Gasteiger partial charge in [0, 0.05) is 10.0 Å². The maximum Gasteiger partial charge on any atom is 0.332 e. The zero-order valence-corrected chi connectivity index (χ0v) is 9.28. The molecule has 0 aliphatic rings. The average Bonchev–Trinajstić information content (AvgIpc) is 2.17. The van der Waals surface area contributed by atoms with Gasteiger partial charge >= 0.3 is 5.92 Å². The molecule has 0 aromatic heterocycles. The van der Waals surface area contributed by atoms with Crippen molar-refractivity contribution in [1.29, 1.82) is 0 Å². The van der Waals surface area contributed by atoms with Gasteiger partial charge in [-0.25, -0.2) is 0 Å². The van der Waals surface area contributed by atoms with Crippen LogP contribution in [-0.4, -0.2) is 11.7 Å². The largest absolute Gasteiger partial charge is 0.332 e. The Labute approximate surface area is 93.2 Å². The van der Waals surface area contributed by atoms with Crippen molar-refractivity contribution in [3.05, 3.63) is 34.3 Å². The normalized spacial score (nSPS) is 11.4. The Morgan fingerprint density at radius 3 is 2.50 bits per heavy atom. The zero-order chi connectivity index (χ0) is 10.8. The van der Waals surface area contributed by atoms with Gasteiger partial charge < -0.3 is 0 Å². The molecule has 1 nitrogen and oxygen atoms in total. The maximum absolute atomic E-state index is 13.3. The fraction of sp³-hybridized carbons (Fsp3) is 0.222. The first-order chi connectivity index (χ1) is 6.50. The standard InChI is InChI=1S/C9H6BrClF2O/c10-7-4-2-1-3-6(7)9(12,13)8(14)5-11/h1-4H,5H2. The molecule has 0 heterocycles. The van der Waals surface area contributed by atoms with E-state index in [1.807, 2.05) is 0 Å². The van der Waals surface area contributed by atoms with Gasteiger partial charge in [-0.3, -0.25) is 4.79 Å². The van der Waals surface area contributed by atoms with Gasteiger partial charge in [-0.15, -0.1) is 11.6 Å². The van der Waals surface area contributed by atoms with Crippen LogP contribution >= 0.6 is 27.5 Å². The number of carbonyl (C=O) groups is 1. The predicted molar refractivity (Wildman–Crippen MR) is 53.8 cm³/mol. The molecular weight excluding hydrogens is 277 g/mol. The molecule has 1 aromatic rings. The number of halogens is 4. The lowest BCUT2D eigenvalue weighted by Crippen LogP contribution is -2.27. The monoisotopic (exact) mass is 282 g/mol. The van der Waals surface area contributed by atoms with Crippen molar-refractivity contribution in [2.24, 2.45) is 0 Å². The minimum Gasteiger partial charge on any atom is -0.291 e. The van der Waals surface area contributed by atoms with Crippen molar-refractivity contribution in [1.82, 2.24) is 0 Å². The topological polar surface area (TPSA) is 17.1 Å². The van der Waals surface area contributed by atoms with Crippen molar-refractivity contribution in [3.63, 3.8) is 0 Å².